The van der Waals surface area contributed by atoms with E-state index < -0.39 is 5.66 Å². The van der Waals surface area contributed by atoms with Crippen LogP contribution in [0.5, 0.6) is 11.5 Å². The SMILES string of the molecule is CC[C@H](C)[C@@H]1NC2(CCN(C(=O)Nc3cccc(Cl)c3)CC2)N(Cc2ccc3c(c2)OCO3)C1=O. The van der Waals surface area contributed by atoms with Gasteiger partial charge in [-0.3, -0.25) is 10.1 Å². The summed E-state index contributed by atoms with van der Waals surface area (Å²) in [5.74, 6) is 1.77. The molecule has 0 saturated carbocycles. The molecule has 9 heteroatoms. The lowest BCUT2D eigenvalue weighted by Gasteiger charge is -2.44. The van der Waals surface area contributed by atoms with E-state index in [9.17, 15) is 9.59 Å². The van der Waals surface area contributed by atoms with Gasteiger partial charge in [0.05, 0.1) is 11.7 Å². The summed E-state index contributed by atoms with van der Waals surface area (Å²) in [6.45, 7) is 5.99. The average Bonchev–Trinajstić information content (AvgIpc) is 3.42. The fraction of sp³-hybridized carbons (Fsp3) is 0.462. The van der Waals surface area contributed by atoms with Crippen LogP contribution in [0.25, 0.3) is 0 Å². The Hall–Kier alpha value is -2.97. The van der Waals surface area contributed by atoms with Gasteiger partial charge in [-0.05, 0) is 41.8 Å². The van der Waals surface area contributed by atoms with E-state index in [1.807, 2.05) is 29.2 Å². The van der Waals surface area contributed by atoms with Gasteiger partial charge in [0.2, 0.25) is 12.7 Å². The number of ether oxygens (including phenoxy) is 2. The summed E-state index contributed by atoms with van der Waals surface area (Å²) in [4.78, 5) is 30.3. The summed E-state index contributed by atoms with van der Waals surface area (Å²) >= 11 is 6.05. The van der Waals surface area contributed by atoms with Gasteiger partial charge in [-0.15, -0.1) is 0 Å². The number of hydrogen-bond donors (Lipinski definition) is 2. The van der Waals surface area contributed by atoms with E-state index in [2.05, 4.69) is 24.5 Å². The van der Waals surface area contributed by atoms with Crippen molar-refractivity contribution in [1.29, 1.82) is 0 Å². The van der Waals surface area contributed by atoms with E-state index in [4.69, 9.17) is 21.1 Å². The van der Waals surface area contributed by atoms with Crippen molar-refractivity contribution in [2.75, 3.05) is 25.2 Å². The number of urea groups is 1. The second-order valence-corrected chi connectivity index (χ2v) is 10.0. The summed E-state index contributed by atoms with van der Waals surface area (Å²) < 4.78 is 11.0. The average molecular weight is 499 g/mol. The molecular formula is C26H31ClN4O4. The number of carbonyl (C=O) groups is 2. The van der Waals surface area contributed by atoms with Crippen molar-refractivity contribution in [3.05, 3.63) is 53.1 Å². The highest BCUT2D eigenvalue weighted by Crippen LogP contribution is 2.38. The maximum absolute atomic E-state index is 13.6. The zero-order valence-electron chi connectivity index (χ0n) is 20.1. The Morgan fingerprint density at radius 1 is 1.20 bits per heavy atom. The van der Waals surface area contributed by atoms with Crippen molar-refractivity contribution in [3.8, 4) is 11.5 Å². The van der Waals surface area contributed by atoms with Gasteiger partial charge in [-0.2, -0.15) is 0 Å². The molecule has 186 valence electrons. The molecule has 2 saturated heterocycles. The van der Waals surface area contributed by atoms with E-state index >= 15 is 0 Å². The Labute approximate surface area is 210 Å². The quantitative estimate of drug-likeness (QED) is 0.636. The van der Waals surface area contributed by atoms with Gasteiger partial charge in [0, 0.05) is 43.2 Å². The maximum Gasteiger partial charge on any atom is 0.321 e. The molecule has 0 unspecified atom stereocenters. The van der Waals surface area contributed by atoms with E-state index in [0.29, 0.717) is 48.9 Å². The number of halogens is 1. The van der Waals surface area contributed by atoms with Crippen molar-refractivity contribution >= 4 is 29.2 Å². The Balaban J connectivity index is 1.32. The van der Waals surface area contributed by atoms with E-state index in [1.54, 1.807) is 23.1 Å². The lowest BCUT2D eigenvalue weighted by atomic mass is 9.95. The zero-order chi connectivity index (χ0) is 24.6. The number of amides is 3. The first kappa shape index (κ1) is 23.8. The number of piperidine rings is 1. The molecule has 5 rings (SSSR count). The van der Waals surface area contributed by atoms with Crippen LogP contribution in [0.2, 0.25) is 5.02 Å². The minimum Gasteiger partial charge on any atom is -0.454 e. The van der Waals surface area contributed by atoms with Crippen LogP contribution in [-0.4, -0.2) is 53.3 Å². The summed E-state index contributed by atoms with van der Waals surface area (Å²) in [6.07, 6.45) is 2.21. The first-order valence-electron chi connectivity index (χ1n) is 12.2. The van der Waals surface area contributed by atoms with Crippen LogP contribution in [0.15, 0.2) is 42.5 Å². The first-order valence-corrected chi connectivity index (χ1v) is 12.6. The van der Waals surface area contributed by atoms with Crippen LogP contribution in [0.4, 0.5) is 10.5 Å². The molecule has 3 aliphatic heterocycles. The van der Waals surface area contributed by atoms with Gasteiger partial charge in [-0.1, -0.05) is 44.0 Å². The highest BCUT2D eigenvalue weighted by molar-refractivity contribution is 6.30. The molecule has 2 N–H and O–H groups in total. The van der Waals surface area contributed by atoms with Crippen LogP contribution in [0.1, 0.15) is 38.7 Å². The fourth-order valence-electron chi connectivity index (χ4n) is 5.14. The Bertz CT molecular complexity index is 1120. The van der Waals surface area contributed by atoms with Crippen LogP contribution in [-0.2, 0) is 11.3 Å². The summed E-state index contributed by atoms with van der Waals surface area (Å²) in [7, 11) is 0. The lowest BCUT2D eigenvalue weighted by molar-refractivity contribution is -0.134. The molecule has 0 radical (unpaired) electrons. The van der Waals surface area contributed by atoms with Gasteiger partial charge in [-0.25, -0.2) is 4.79 Å². The van der Waals surface area contributed by atoms with Crippen LogP contribution < -0.4 is 20.1 Å². The molecule has 2 atom stereocenters. The number of nitrogens with zero attached hydrogens (tertiary/aromatic N) is 2. The smallest absolute Gasteiger partial charge is 0.321 e. The third kappa shape index (κ3) is 4.65. The zero-order valence-corrected chi connectivity index (χ0v) is 20.8. The van der Waals surface area contributed by atoms with Crippen molar-refractivity contribution in [3.63, 3.8) is 0 Å². The molecule has 2 fully saturated rings. The molecule has 3 aliphatic rings. The molecule has 1 spiro atoms. The van der Waals surface area contributed by atoms with Gasteiger partial charge in [0.25, 0.3) is 0 Å². The summed E-state index contributed by atoms with van der Waals surface area (Å²) in [6, 6.07) is 12.6. The minimum absolute atomic E-state index is 0.119. The first-order chi connectivity index (χ1) is 16.9. The van der Waals surface area contributed by atoms with Crippen LogP contribution in [0, 0.1) is 5.92 Å². The molecule has 8 nitrogen and oxygen atoms in total. The summed E-state index contributed by atoms with van der Waals surface area (Å²) in [5.41, 5.74) is 1.17. The standard InChI is InChI=1S/C26H31ClN4O4/c1-3-17(2)23-24(32)31(15-18-7-8-21-22(13-18)35-16-34-21)26(29-23)9-11-30(12-10-26)25(33)28-20-6-4-5-19(27)14-20/h4-8,13-14,17,23,29H,3,9-12,15-16H2,1-2H3,(H,28,33)/t17-,23-/m0/s1. The number of carbonyl (C=O) groups excluding carboxylic acids is 2. The van der Waals surface area contributed by atoms with Gasteiger partial charge in [0.15, 0.2) is 11.5 Å². The number of benzene rings is 2. The second kappa shape index (κ2) is 9.59. The van der Waals surface area contributed by atoms with Gasteiger partial charge in [0.1, 0.15) is 0 Å². The van der Waals surface area contributed by atoms with E-state index in [-0.39, 0.29) is 30.7 Å². The molecule has 0 aromatic heterocycles. The number of hydrogen-bond acceptors (Lipinski definition) is 5. The Kier molecular flexibility index (Phi) is 6.51. The van der Waals surface area contributed by atoms with Crippen LogP contribution in [0.3, 0.4) is 0 Å². The Morgan fingerprint density at radius 3 is 2.71 bits per heavy atom. The molecule has 3 amide bonds. The monoisotopic (exact) mass is 498 g/mol. The maximum atomic E-state index is 13.6. The Morgan fingerprint density at radius 2 is 1.97 bits per heavy atom. The predicted octanol–water partition coefficient (Wildman–Crippen LogP) is 4.44. The van der Waals surface area contributed by atoms with Gasteiger partial charge < -0.3 is 24.6 Å². The number of likely N-dealkylation sites (tertiary alicyclic amines) is 1. The summed E-state index contributed by atoms with van der Waals surface area (Å²) in [5, 5.41) is 7.19. The van der Waals surface area contributed by atoms with Crippen molar-refractivity contribution in [1.82, 2.24) is 15.1 Å². The van der Waals surface area contributed by atoms with E-state index in [1.165, 1.54) is 0 Å². The van der Waals surface area contributed by atoms with Crippen molar-refractivity contribution < 1.29 is 19.1 Å². The molecule has 35 heavy (non-hydrogen) atoms. The topological polar surface area (TPSA) is 83.1 Å². The van der Waals surface area contributed by atoms with Crippen molar-refractivity contribution in [2.45, 2.75) is 51.4 Å². The number of rotatable bonds is 5. The second-order valence-electron chi connectivity index (χ2n) is 9.58. The fourth-order valence-corrected chi connectivity index (χ4v) is 5.33. The molecule has 0 aliphatic carbocycles. The largest absolute Gasteiger partial charge is 0.454 e. The highest BCUT2D eigenvalue weighted by Gasteiger charge is 2.52. The third-order valence-corrected chi connectivity index (χ3v) is 7.65. The van der Waals surface area contributed by atoms with Gasteiger partial charge >= 0.3 is 6.03 Å². The predicted molar refractivity (Wildman–Crippen MR) is 134 cm³/mol. The number of nitrogens with one attached hydrogen (secondary N) is 2. The van der Waals surface area contributed by atoms with Crippen molar-refractivity contribution in [2.24, 2.45) is 5.92 Å². The lowest BCUT2D eigenvalue weighted by Crippen LogP contribution is -2.59. The number of anilines is 1. The molecule has 3 heterocycles. The molecule has 2 aromatic carbocycles. The number of fused-ring (bicyclic) bond motifs is 1. The molecular weight excluding hydrogens is 468 g/mol. The molecule has 2 aromatic rings. The normalized spacial score (nSPS) is 21.5. The van der Waals surface area contributed by atoms with E-state index in [0.717, 1.165) is 17.7 Å². The minimum atomic E-state index is -0.492. The third-order valence-electron chi connectivity index (χ3n) is 7.42. The highest BCUT2D eigenvalue weighted by atomic mass is 35.5. The van der Waals surface area contributed by atoms with Crippen LogP contribution >= 0.6 is 11.6 Å². The molecule has 0 bridgehead atoms.